The van der Waals surface area contributed by atoms with Gasteiger partial charge in [0.05, 0.1) is 22.0 Å². The molecule has 0 saturated heterocycles. The summed E-state index contributed by atoms with van der Waals surface area (Å²) in [5.41, 5.74) is 0.891. The lowest BCUT2D eigenvalue weighted by Gasteiger charge is -2.06. The van der Waals surface area contributed by atoms with Crippen molar-refractivity contribution in [2.45, 2.75) is 23.8 Å². The highest BCUT2D eigenvalue weighted by Gasteiger charge is 2.36. The molecule has 12 nitrogen and oxygen atoms in total. The van der Waals surface area contributed by atoms with Gasteiger partial charge in [0.25, 0.3) is 15.8 Å². The van der Waals surface area contributed by atoms with Crippen LogP contribution < -0.4 is 0 Å². The van der Waals surface area contributed by atoms with Crippen LogP contribution in [0, 0.1) is 27.2 Å². The Morgan fingerprint density at radius 1 is 0.857 bits per heavy atom. The van der Waals surface area contributed by atoms with Crippen LogP contribution in [0.25, 0.3) is 0 Å². The van der Waals surface area contributed by atoms with E-state index in [1.54, 1.807) is 24.3 Å². The second kappa shape index (κ2) is 11.6. The maximum Gasteiger partial charge on any atom is 0.359 e. The Labute approximate surface area is 201 Å². The van der Waals surface area contributed by atoms with E-state index in [-0.39, 0.29) is 28.3 Å². The van der Waals surface area contributed by atoms with Crippen molar-refractivity contribution in [2.24, 2.45) is 0 Å². The van der Waals surface area contributed by atoms with E-state index in [1.165, 1.54) is 54.6 Å². The third kappa shape index (κ3) is 7.92. The van der Waals surface area contributed by atoms with Crippen molar-refractivity contribution in [3.63, 3.8) is 0 Å². The topological polar surface area (TPSA) is 184 Å². The summed E-state index contributed by atoms with van der Waals surface area (Å²) in [4.78, 5) is 19.7. The zero-order valence-electron chi connectivity index (χ0n) is 18.1. The number of benzene rings is 3. The summed E-state index contributed by atoms with van der Waals surface area (Å²) in [5.74, 6) is 0. The van der Waals surface area contributed by atoms with Crippen LogP contribution in [0.5, 0.6) is 0 Å². The smallest absolute Gasteiger partial charge is 0.280 e. The zero-order chi connectivity index (χ0) is 26.2. The fourth-order valence-electron chi connectivity index (χ4n) is 2.75. The van der Waals surface area contributed by atoms with Gasteiger partial charge >= 0.3 is 15.5 Å². The molecule has 0 amide bonds. The van der Waals surface area contributed by atoms with Gasteiger partial charge in [-0.25, -0.2) is 0 Å². The van der Waals surface area contributed by atoms with Crippen LogP contribution in [0.4, 0.5) is 5.69 Å². The van der Waals surface area contributed by atoms with Crippen molar-refractivity contribution in [3.8, 4) is 0 Å². The van der Waals surface area contributed by atoms with E-state index in [4.69, 9.17) is 8.74 Å². The quantitative estimate of drug-likeness (QED) is 0.197. The number of nitro groups is 2. The second-order valence-corrected chi connectivity index (χ2v) is 10.1. The molecule has 1 N–H and O–H groups in total. The average molecular weight is 525 g/mol. The number of nitrogens with zero attached hydrogens (tertiary/aromatic N) is 2. The second-order valence-electron chi connectivity index (χ2n) is 6.98. The summed E-state index contributed by atoms with van der Waals surface area (Å²) in [6, 6.07) is 19.1. The lowest BCUT2D eigenvalue weighted by atomic mass is 10.2. The highest BCUT2D eigenvalue weighted by atomic mass is 32.2. The highest BCUT2D eigenvalue weighted by Crippen LogP contribution is 2.22. The van der Waals surface area contributed by atoms with Gasteiger partial charge in [0.15, 0.2) is 0 Å². The SMILES string of the molecule is Cc1ccc(S(=O)(=O)OCc2ccccc2[N+](=O)[O-])cc1.O=[N+]([O-])C(c1ccccc1)S(=O)(=O)O. The molecule has 0 aliphatic rings. The average Bonchev–Trinajstić information content (AvgIpc) is 2.78. The predicted octanol–water partition coefficient (Wildman–Crippen LogP) is 3.66. The molecule has 3 rings (SSSR count). The Balaban J connectivity index is 0.000000269. The standard InChI is InChI=1S/C14H13NO5S.C7H7NO5S/c1-11-6-8-13(9-7-11)21(18,19)20-10-12-4-2-3-5-14(12)15(16)17;9-8(10)7(14(11,12)13)6-4-2-1-3-5-6/h2-9H,10H2,1H3;1-5,7H,(H,11,12,13). The zero-order valence-corrected chi connectivity index (χ0v) is 19.8. The van der Waals surface area contributed by atoms with Gasteiger partial charge in [-0.15, -0.1) is 0 Å². The van der Waals surface area contributed by atoms with Gasteiger partial charge in [0.2, 0.25) is 0 Å². The number of aryl methyl sites for hydroxylation is 1. The summed E-state index contributed by atoms with van der Waals surface area (Å²) in [6.45, 7) is 1.46. The van der Waals surface area contributed by atoms with E-state index < -0.39 is 35.5 Å². The van der Waals surface area contributed by atoms with E-state index >= 15 is 0 Å². The van der Waals surface area contributed by atoms with Crippen molar-refractivity contribution >= 4 is 25.9 Å². The molecule has 0 aliphatic heterocycles. The van der Waals surface area contributed by atoms with E-state index in [2.05, 4.69) is 0 Å². The third-order valence-corrected chi connectivity index (χ3v) is 6.71. The Morgan fingerprint density at radius 3 is 1.91 bits per heavy atom. The molecule has 1 unspecified atom stereocenters. The van der Waals surface area contributed by atoms with E-state index in [0.717, 1.165) is 5.56 Å². The molecular weight excluding hydrogens is 504 g/mol. The van der Waals surface area contributed by atoms with Gasteiger partial charge in [-0.2, -0.15) is 16.8 Å². The monoisotopic (exact) mass is 524 g/mol. The molecule has 0 radical (unpaired) electrons. The Morgan fingerprint density at radius 2 is 1.40 bits per heavy atom. The van der Waals surface area contributed by atoms with Crippen LogP contribution in [0.1, 0.15) is 22.1 Å². The van der Waals surface area contributed by atoms with Gasteiger partial charge in [-0.3, -0.25) is 29.0 Å². The van der Waals surface area contributed by atoms with Gasteiger partial charge < -0.3 is 0 Å². The lowest BCUT2D eigenvalue weighted by Crippen LogP contribution is -2.20. The van der Waals surface area contributed by atoms with Gasteiger partial charge in [0.1, 0.15) is 0 Å². The predicted molar refractivity (Wildman–Crippen MR) is 124 cm³/mol. The Kier molecular flexibility index (Phi) is 9.13. The van der Waals surface area contributed by atoms with Crippen molar-refractivity contribution < 1.29 is 35.4 Å². The molecule has 1 atom stereocenters. The molecule has 0 fully saturated rings. The summed E-state index contributed by atoms with van der Waals surface area (Å²) in [6.07, 6.45) is 0. The fourth-order valence-corrected chi connectivity index (χ4v) is 4.35. The first kappa shape index (κ1) is 27.5. The van der Waals surface area contributed by atoms with E-state index in [1.807, 2.05) is 6.92 Å². The third-order valence-electron chi connectivity index (χ3n) is 4.43. The van der Waals surface area contributed by atoms with Crippen LogP contribution in [-0.4, -0.2) is 31.2 Å². The maximum atomic E-state index is 12.0. The number of nitro benzene ring substituents is 1. The molecule has 0 heterocycles. The highest BCUT2D eigenvalue weighted by molar-refractivity contribution is 7.86. The van der Waals surface area contributed by atoms with Crippen LogP contribution in [0.2, 0.25) is 0 Å². The first-order chi connectivity index (χ1) is 16.3. The molecule has 3 aromatic rings. The van der Waals surface area contributed by atoms with Crippen molar-refractivity contribution in [1.82, 2.24) is 0 Å². The first-order valence-electron chi connectivity index (χ1n) is 9.66. The molecule has 0 spiro atoms. The van der Waals surface area contributed by atoms with Gasteiger partial charge in [-0.05, 0) is 25.1 Å². The number of hydrogen-bond acceptors (Lipinski definition) is 9. The van der Waals surface area contributed by atoms with Crippen molar-refractivity contribution in [3.05, 3.63) is 116 Å². The summed E-state index contributed by atoms with van der Waals surface area (Å²) in [7, 11) is -8.66. The first-order valence-corrected chi connectivity index (χ1v) is 12.6. The van der Waals surface area contributed by atoms with Crippen LogP contribution in [0.15, 0.2) is 83.8 Å². The normalized spacial score (nSPS) is 12.2. The fraction of sp³-hybridized carbons (Fsp3) is 0.143. The molecule has 0 aromatic heterocycles. The van der Waals surface area contributed by atoms with Crippen LogP contribution in [0.3, 0.4) is 0 Å². The lowest BCUT2D eigenvalue weighted by molar-refractivity contribution is -0.503. The molecule has 14 heteroatoms. The molecule has 0 bridgehead atoms. The molecule has 35 heavy (non-hydrogen) atoms. The molecule has 0 saturated carbocycles. The van der Waals surface area contributed by atoms with Crippen molar-refractivity contribution in [1.29, 1.82) is 0 Å². The Hall–Kier alpha value is -3.72. The Bertz CT molecular complexity index is 1390. The van der Waals surface area contributed by atoms with Gasteiger partial charge in [0, 0.05) is 16.6 Å². The maximum absolute atomic E-state index is 12.0. The van der Waals surface area contributed by atoms with Crippen LogP contribution >= 0.6 is 0 Å². The minimum atomic E-state index is -4.72. The molecule has 0 aliphatic carbocycles. The minimum absolute atomic E-state index is 0.0201. The molecular formula is C21H20N2O10S2. The summed E-state index contributed by atoms with van der Waals surface area (Å²) >= 11 is 0. The van der Waals surface area contributed by atoms with Crippen molar-refractivity contribution in [2.75, 3.05) is 0 Å². The minimum Gasteiger partial charge on any atom is -0.280 e. The number of hydrogen-bond donors (Lipinski definition) is 1. The summed E-state index contributed by atoms with van der Waals surface area (Å²) < 4.78 is 58.9. The molecule has 3 aromatic carbocycles. The number of rotatable bonds is 8. The largest absolute Gasteiger partial charge is 0.359 e. The summed E-state index contributed by atoms with van der Waals surface area (Å²) in [5, 5.41) is 19.2. The van der Waals surface area contributed by atoms with E-state index in [9.17, 15) is 37.1 Å². The van der Waals surface area contributed by atoms with E-state index in [0.29, 0.717) is 0 Å². The van der Waals surface area contributed by atoms with Gasteiger partial charge in [-0.1, -0.05) is 60.2 Å². The molecule has 186 valence electrons. The van der Waals surface area contributed by atoms with Crippen LogP contribution in [-0.2, 0) is 31.0 Å². The number of para-hydroxylation sites is 1.